The lowest BCUT2D eigenvalue weighted by Crippen LogP contribution is -2.48. The van der Waals surface area contributed by atoms with Crippen LogP contribution in [0.4, 0.5) is 0 Å². The highest BCUT2D eigenvalue weighted by Gasteiger charge is 2.24. The molecule has 1 atom stereocenters. The van der Waals surface area contributed by atoms with Gasteiger partial charge in [-0.1, -0.05) is 43.6 Å². The molecule has 0 saturated carbocycles. The molecular weight excluding hydrogens is 494 g/mol. The van der Waals surface area contributed by atoms with E-state index in [2.05, 4.69) is 15.8 Å². The highest BCUT2D eigenvalue weighted by molar-refractivity contribution is 6.30. The van der Waals surface area contributed by atoms with Gasteiger partial charge < -0.3 is 19.5 Å². The number of hydrogen-bond donors (Lipinski definition) is 2. The van der Waals surface area contributed by atoms with Crippen molar-refractivity contribution in [3.8, 4) is 0 Å². The summed E-state index contributed by atoms with van der Waals surface area (Å²) in [6.07, 6.45) is 3.40. The first-order chi connectivity index (χ1) is 17.8. The van der Waals surface area contributed by atoms with E-state index >= 15 is 0 Å². The molecule has 1 aromatic heterocycles. The summed E-state index contributed by atoms with van der Waals surface area (Å²) in [6.45, 7) is 6.16. The number of nitrogens with zero attached hydrogens (tertiary/aromatic N) is 3. The van der Waals surface area contributed by atoms with Crippen molar-refractivity contribution in [1.29, 1.82) is 0 Å². The molecule has 37 heavy (non-hydrogen) atoms. The van der Waals surface area contributed by atoms with Crippen molar-refractivity contribution >= 4 is 46.4 Å². The molecule has 194 valence electrons. The van der Waals surface area contributed by atoms with Crippen molar-refractivity contribution in [1.82, 2.24) is 20.2 Å². The molecule has 3 amide bonds. The number of carbonyl (C=O) groups excluding carboxylic acids is 3. The van der Waals surface area contributed by atoms with Crippen molar-refractivity contribution in [3.63, 3.8) is 0 Å². The van der Waals surface area contributed by atoms with Crippen LogP contribution < -0.4 is 10.7 Å². The predicted molar refractivity (Wildman–Crippen MR) is 143 cm³/mol. The fourth-order valence-corrected chi connectivity index (χ4v) is 4.29. The number of aromatic nitrogens is 1. The standard InChI is InChI=1S/C27H30ClN5O4/c1-18(2)25(30-26(35)19-7-9-21(28)10-8-19)27(36)31-29-15-20-16-33(23-6-4-3-5-22(20)23)17-24(34)32-11-13-37-14-12-32/h3-10,15-16,18,25H,11-14,17H2,1-2H3,(H,30,35)(H,31,36)/b29-15-. The van der Waals surface area contributed by atoms with Crippen molar-refractivity contribution in [2.24, 2.45) is 11.0 Å². The summed E-state index contributed by atoms with van der Waals surface area (Å²) in [5, 5.41) is 8.35. The van der Waals surface area contributed by atoms with E-state index in [1.807, 2.05) is 48.9 Å². The SMILES string of the molecule is CC(C)C(NC(=O)c1ccc(Cl)cc1)C(=O)N/N=C\c1cn(CC(=O)N2CCOCC2)c2ccccc12. The Morgan fingerprint density at radius 3 is 2.49 bits per heavy atom. The molecule has 2 aromatic carbocycles. The summed E-state index contributed by atoms with van der Waals surface area (Å²) in [6, 6.07) is 13.4. The van der Waals surface area contributed by atoms with Crippen LogP contribution in [-0.2, 0) is 20.9 Å². The molecular formula is C27H30ClN5O4. The molecule has 0 radical (unpaired) electrons. The third kappa shape index (κ3) is 6.55. The van der Waals surface area contributed by atoms with E-state index in [1.54, 1.807) is 35.4 Å². The average molecular weight is 524 g/mol. The Labute approximate surface area is 220 Å². The molecule has 1 unspecified atom stereocenters. The minimum absolute atomic E-state index is 0.0250. The number of halogens is 1. The minimum atomic E-state index is -0.784. The van der Waals surface area contributed by atoms with Crippen LogP contribution in [0, 0.1) is 5.92 Å². The van der Waals surface area contributed by atoms with E-state index in [0.29, 0.717) is 36.9 Å². The first kappa shape index (κ1) is 26.4. The van der Waals surface area contributed by atoms with Gasteiger partial charge in [0, 0.05) is 46.3 Å². The lowest BCUT2D eigenvalue weighted by molar-refractivity contribution is -0.135. The third-order valence-corrected chi connectivity index (χ3v) is 6.46. The van der Waals surface area contributed by atoms with Crippen molar-refractivity contribution in [2.45, 2.75) is 26.4 Å². The van der Waals surface area contributed by atoms with Gasteiger partial charge in [-0.05, 0) is 36.2 Å². The number of fused-ring (bicyclic) bond motifs is 1. The monoisotopic (exact) mass is 523 g/mol. The molecule has 4 rings (SSSR count). The highest BCUT2D eigenvalue weighted by Crippen LogP contribution is 2.20. The number of rotatable bonds is 8. The number of carbonyl (C=O) groups is 3. The Kier molecular flexibility index (Phi) is 8.58. The van der Waals surface area contributed by atoms with Gasteiger partial charge in [0.25, 0.3) is 11.8 Å². The zero-order chi connectivity index (χ0) is 26.4. The van der Waals surface area contributed by atoms with Crippen LogP contribution in [0.25, 0.3) is 10.9 Å². The highest BCUT2D eigenvalue weighted by atomic mass is 35.5. The number of para-hydroxylation sites is 1. The molecule has 1 fully saturated rings. The van der Waals surface area contributed by atoms with Gasteiger partial charge in [-0.15, -0.1) is 0 Å². The Bertz CT molecular complexity index is 1300. The van der Waals surface area contributed by atoms with Gasteiger partial charge in [0.05, 0.1) is 19.4 Å². The summed E-state index contributed by atoms with van der Waals surface area (Å²) >= 11 is 5.89. The summed E-state index contributed by atoms with van der Waals surface area (Å²) in [4.78, 5) is 40.1. The van der Waals surface area contributed by atoms with Gasteiger partial charge in [0.15, 0.2) is 0 Å². The number of amides is 3. The van der Waals surface area contributed by atoms with Crippen LogP contribution in [-0.4, -0.2) is 65.7 Å². The molecule has 0 aliphatic carbocycles. The lowest BCUT2D eigenvalue weighted by Gasteiger charge is -2.27. The predicted octanol–water partition coefficient (Wildman–Crippen LogP) is 3.06. The van der Waals surface area contributed by atoms with Crippen LogP contribution >= 0.6 is 11.6 Å². The molecule has 0 spiro atoms. The number of nitrogens with one attached hydrogen (secondary N) is 2. The van der Waals surface area contributed by atoms with E-state index in [4.69, 9.17) is 16.3 Å². The van der Waals surface area contributed by atoms with Gasteiger partial charge in [0.2, 0.25) is 5.91 Å². The summed E-state index contributed by atoms with van der Waals surface area (Å²) < 4.78 is 7.23. The van der Waals surface area contributed by atoms with Gasteiger partial charge in [-0.25, -0.2) is 5.43 Å². The number of benzene rings is 2. The van der Waals surface area contributed by atoms with Crippen molar-refractivity contribution in [2.75, 3.05) is 26.3 Å². The van der Waals surface area contributed by atoms with Crippen molar-refractivity contribution in [3.05, 3.63) is 70.9 Å². The lowest BCUT2D eigenvalue weighted by atomic mass is 10.0. The van der Waals surface area contributed by atoms with E-state index in [9.17, 15) is 14.4 Å². The average Bonchev–Trinajstić information content (AvgIpc) is 3.25. The number of hydrogen-bond acceptors (Lipinski definition) is 5. The first-order valence-corrected chi connectivity index (χ1v) is 12.5. The van der Waals surface area contributed by atoms with Crippen LogP contribution in [0.15, 0.2) is 59.8 Å². The molecule has 2 heterocycles. The maximum Gasteiger partial charge on any atom is 0.262 e. The largest absolute Gasteiger partial charge is 0.378 e. The topological polar surface area (TPSA) is 105 Å². The fraction of sp³-hybridized carbons (Fsp3) is 0.333. The Morgan fingerprint density at radius 2 is 1.78 bits per heavy atom. The molecule has 1 aliphatic heterocycles. The number of morpholine rings is 1. The Hall–Kier alpha value is -3.69. The van der Waals surface area contributed by atoms with Crippen molar-refractivity contribution < 1.29 is 19.1 Å². The van der Waals surface area contributed by atoms with Gasteiger partial charge in [-0.3, -0.25) is 14.4 Å². The normalized spacial score (nSPS) is 14.8. The van der Waals surface area contributed by atoms with E-state index in [-0.39, 0.29) is 24.3 Å². The van der Waals surface area contributed by atoms with Gasteiger partial charge in [0.1, 0.15) is 12.6 Å². The van der Waals surface area contributed by atoms with E-state index in [0.717, 1.165) is 16.5 Å². The number of ether oxygens (including phenoxy) is 1. The van der Waals surface area contributed by atoms with Crippen LogP contribution in [0.5, 0.6) is 0 Å². The smallest absolute Gasteiger partial charge is 0.262 e. The van der Waals surface area contributed by atoms with E-state index in [1.165, 1.54) is 0 Å². The van der Waals surface area contributed by atoms with Crippen LogP contribution in [0.2, 0.25) is 5.02 Å². The molecule has 2 N–H and O–H groups in total. The second-order valence-electron chi connectivity index (χ2n) is 9.16. The fourth-order valence-electron chi connectivity index (χ4n) is 4.16. The Balaban J connectivity index is 1.44. The van der Waals surface area contributed by atoms with Crippen LogP contribution in [0.1, 0.15) is 29.8 Å². The second kappa shape index (κ2) is 12.0. The summed E-state index contributed by atoms with van der Waals surface area (Å²) in [5.74, 6) is -0.945. The molecule has 1 aliphatic rings. The van der Waals surface area contributed by atoms with E-state index < -0.39 is 11.9 Å². The zero-order valence-corrected chi connectivity index (χ0v) is 21.6. The molecule has 3 aromatic rings. The van der Waals surface area contributed by atoms with Gasteiger partial charge in [-0.2, -0.15) is 5.10 Å². The minimum Gasteiger partial charge on any atom is -0.378 e. The zero-order valence-electron chi connectivity index (χ0n) is 20.8. The molecule has 1 saturated heterocycles. The molecule has 0 bridgehead atoms. The molecule has 9 nitrogen and oxygen atoms in total. The molecule has 10 heteroatoms. The first-order valence-electron chi connectivity index (χ1n) is 12.2. The van der Waals surface area contributed by atoms with Gasteiger partial charge >= 0.3 is 0 Å². The Morgan fingerprint density at radius 1 is 1.08 bits per heavy atom. The third-order valence-electron chi connectivity index (χ3n) is 6.21. The second-order valence-corrected chi connectivity index (χ2v) is 9.60. The van der Waals surface area contributed by atoms with Crippen LogP contribution in [0.3, 0.4) is 0 Å². The summed E-state index contributed by atoms with van der Waals surface area (Å²) in [7, 11) is 0. The maximum atomic E-state index is 12.9. The summed E-state index contributed by atoms with van der Waals surface area (Å²) in [5.41, 5.74) is 4.61. The number of hydrazone groups is 1. The maximum absolute atomic E-state index is 12.9. The quantitative estimate of drug-likeness (QED) is 0.350.